The lowest BCUT2D eigenvalue weighted by Gasteiger charge is -2.30. The first kappa shape index (κ1) is 19.3. The molecule has 5 rings (SSSR count). The van der Waals surface area contributed by atoms with Crippen molar-refractivity contribution in [3.8, 4) is 11.4 Å². The van der Waals surface area contributed by atoms with Crippen LogP contribution < -0.4 is 0 Å². The molecular formula is C22H32N4O3. The Hall–Kier alpha value is -1.70. The van der Waals surface area contributed by atoms with Gasteiger partial charge in [0.1, 0.15) is 5.69 Å². The van der Waals surface area contributed by atoms with Crippen LogP contribution in [0, 0.1) is 5.41 Å². The minimum atomic E-state index is -0.0180. The zero-order valence-corrected chi connectivity index (χ0v) is 17.3. The first-order chi connectivity index (χ1) is 14.1. The number of nitrogens with zero attached hydrogens (tertiary/aromatic N) is 3. The summed E-state index contributed by atoms with van der Waals surface area (Å²) in [5, 5.41) is 17.5. The quantitative estimate of drug-likeness (QED) is 0.742. The predicted molar refractivity (Wildman–Crippen MR) is 108 cm³/mol. The zero-order chi connectivity index (χ0) is 19.9. The van der Waals surface area contributed by atoms with Gasteiger partial charge in [-0.2, -0.15) is 5.10 Å². The molecule has 2 saturated carbocycles. The SMILES string of the molecule is C[C@@H](CO)n1cncc1-c1cc(C23CCC(COC4CCCCO4)(CC2)C3)[nH]n1. The third-order valence-corrected chi connectivity index (χ3v) is 7.51. The van der Waals surface area contributed by atoms with E-state index in [0.29, 0.717) is 5.41 Å². The molecule has 3 heterocycles. The molecule has 2 bridgehead atoms. The van der Waals surface area contributed by atoms with Crippen LogP contribution in [0.2, 0.25) is 0 Å². The number of hydrogen-bond donors (Lipinski definition) is 2. The van der Waals surface area contributed by atoms with Crippen molar-refractivity contribution in [3.63, 3.8) is 0 Å². The number of aliphatic hydroxyl groups is 1. The highest BCUT2D eigenvalue weighted by molar-refractivity contribution is 5.55. The maximum atomic E-state index is 9.52. The van der Waals surface area contributed by atoms with Gasteiger partial charge in [-0.05, 0) is 69.8 Å². The summed E-state index contributed by atoms with van der Waals surface area (Å²) in [6.45, 7) is 3.72. The monoisotopic (exact) mass is 400 g/mol. The summed E-state index contributed by atoms with van der Waals surface area (Å²) in [5.74, 6) is 0. The molecule has 7 nitrogen and oxygen atoms in total. The molecule has 0 radical (unpaired) electrons. The van der Waals surface area contributed by atoms with E-state index in [1.807, 2.05) is 17.7 Å². The van der Waals surface area contributed by atoms with Gasteiger partial charge in [-0.25, -0.2) is 4.98 Å². The molecule has 2 aromatic rings. The molecular weight excluding hydrogens is 368 g/mol. The van der Waals surface area contributed by atoms with Gasteiger partial charge >= 0.3 is 0 Å². The number of aromatic amines is 1. The number of H-pyrrole nitrogens is 1. The van der Waals surface area contributed by atoms with Crippen LogP contribution in [0.25, 0.3) is 11.4 Å². The predicted octanol–water partition coefficient (Wildman–Crippen LogP) is 3.57. The third-order valence-electron chi connectivity index (χ3n) is 7.51. The maximum absolute atomic E-state index is 9.52. The van der Waals surface area contributed by atoms with Crippen LogP contribution in [0.1, 0.15) is 70.0 Å². The van der Waals surface area contributed by atoms with E-state index in [2.05, 4.69) is 21.2 Å². The van der Waals surface area contributed by atoms with Crippen LogP contribution in [0.3, 0.4) is 0 Å². The van der Waals surface area contributed by atoms with Crippen molar-refractivity contribution in [2.75, 3.05) is 19.8 Å². The van der Waals surface area contributed by atoms with E-state index in [4.69, 9.17) is 9.47 Å². The Morgan fingerprint density at radius 2 is 2.21 bits per heavy atom. The number of ether oxygens (including phenoxy) is 2. The van der Waals surface area contributed by atoms with Crippen LogP contribution in [0.5, 0.6) is 0 Å². The second kappa shape index (κ2) is 7.52. The summed E-state index contributed by atoms with van der Waals surface area (Å²) in [6.07, 6.45) is 13.0. The minimum Gasteiger partial charge on any atom is -0.394 e. The van der Waals surface area contributed by atoms with E-state index in [1.54, 1.807) is 6.33 Å². The van der Waals surface area contributed by atoms with Crippen LogP contribution in [0.4, 0.5) is 0 Å². The summed E-state index contributed by atoms with van der Waals surface area (Å²) < 4.78 is 14.0. The molecule has 2 N–H and O–H groups in total. The number of rotatable bonds is 7. The molecule has 158 valence electrons. The van der Waals surface area contributed by atoms with Crippen LogP contribution in [0.15, 0.2) is 18.6 Å². The van der Waals surface area contributed by atoms with E-state index in [1.165, 1.54) is 44.2 Å². The summed E-state index contributed by atoms with van der Waals surface area (Å²) in [4.78, 5) is 4.27. The van der Waals surface area contributed by atoms with Crippen molar-refractivity contribution in [1.29, 1.82) is 0 Å². The summed E-state index contributed by atoms with van der Waals surface area (Å²) in [5.41, 5.74) is 3.58. The third kappa shape index (κ3) is 3.43. The Bertz CT molecular complexity index is 831. The Kier molecular flexibility index (Phi) is 5.00. The Morgan fingerprint density at radius 1 is 1.34 bits per heavy atom. The first-order valence-electron chi connectivity index (χ1n) is 11.1. The van der Waals surface area contributed by atoms with Gasteiger partial charge in [-0.15, -0.1) is 0 Å². The lowest BCUT2D eigenvalue weighted by Crippen LogP contribution is -2.29. The van der Waals surface area contributed by atoms with Crippen molar-refractivity contribution in [2.24, 2.45) is 5.41 Å². The lowest BCUT2D eigenvalue weighted by molar-refractivity contribution is -0.178. The van der Waals surface area contributed by atoms with Crippen LogP contribution >= 0.6 is 0 Å². The fourth-order valence-electron chi connectivity index (χ4n) is 5.67. The number of fused-ring (bicyclic) bond motifs is 2. The Balaban J connectivity index is 1.30. The van der Waals surface area contributed by atoms with E-state index < -0.39 is 0 Å². The van der Waals surface area contributed by atoms with Gasteiger partial charge in [-0.1, -0.05) is 0 Å². The molecule has 1 saturated heterocycles. The first-order valence-corrected chi connectivity index (χ1v) is 11.1. The molecule has 2 atom stereocenters. The maximum Gasteiger partial charge on any atom is 0.157 e. The topological polar surface area (TPSA) is 85.2 Å². The van der Waals surface area contributed by atoms with Gasteiger partial charge in [0, 0.05) is 17.7 Å². The number of nitrogens with one attached hydrogen (secondary N) is 1. The number of aliphatic hydroxyl groups excluding tert-OH is 1. The molecule has 2 aromatic heterocycles. The van der Waals surface area contributed by atoms with Gasteiger partial charge in [0.05, 0.1) is 37.5 Å². The molecule has 1 aliphatic heterocycles. The molecule has 3 fully saturated rings. The number of aromatic nitrogens is 4. The fourth-order valence-corrected chi connectivity index (χ4v) is 5.67. The minimum absolute atomic E-state index is 0.00119. The van der Waals surface area contributed by atoms with Crippen molar-refractivity contribution >= 4 is 0 Å². The Morgan fingerprint density at radius 3 is 2.97 bits per heavy atom. The molecule has 0 spiro atoms. The molecule has 0 aromatic carbocycles. The largest absolute Gasteiger partial charge is 0.394 e. The normalized spacial score (nSPS) is 32.7. The van der Waals surface area contributed by atoms with Crippen LogP contribution in [-0.2, 0) is 14.9 Å². The molecule has 3 aliphatic rings. The molecule has 7 heteroatoms. The Labute approximate surface area is 171 Å². The highest BCUT2D eigenvalue weighted by Gasteiger charge is 2.56. The smallest absolute Gasteiger partial charge is 0.157 e. The van der Waals surface area contributed by atoms with E-state index in [-0.39, 0.29) is 24.4 Å². The van der Waals surface area contributed by atoms with Crippen molar-refractivity contribution in [3.05, 3.63) is 24.3 Å². The fraction of sp³-hybridized carbons (Fsp3) is 0.727. The van der Waals surface area contributed by atoms with E-state index >= 15 is 0 Å². The van der Waals surface area contributed by atoms with Gasteiger partial charge in [0.2, 0.25) is 0 Å². The summed E-state index contributed by atoms with van der Waals surface area (Å²) in [7, 11) is 0. The highest BCUT2D eigenvalue weighted by atomic mass is 16.7. The van der Waals surface area contributed by atoms with Gasteiger partial charge in [-0.3, -0.25) is 5.10 Å². The zero-order valence-electron chi connectivity index (χ0n) is 17.3. The molecule has 29 heavy (non-hydrogen) atoms. The van der Waals surface area contributed by atoms with Crippen LogP contribution in [-0.4, -0.2) is 51.0 Å². The van der Waals surface area contributed by atoms with Gasteiger partial charge in [0.25, 0.3) is 0 Å². The van der Waals surface area contributed by atoms with Crippen molar-refractivity contribution in [1.82, 2.24) is 19.7 Å². The number of imidazole rings is 1. The average Bonchev–Trinajstić information content (AvgIpc) is 3.55. The number of hydrogen-bond acceptors (Lipinski definition) is 5. The average molecular weight is 401 g/mol. The molecule has 0 amide bonds. The summed E-state index contributed by atoms with van der Waals surface area (Å²) >= 11 is 0. The standard InChI is InChI=1S/C22H32N4O3/c1-16(12-27)26-15-23-11-18(26)17-10-19(25-24-17)22-7-5-21(13-22,6-8-22)14-29-20-4-2-3-9-28-20/h10-11,15-16,20,27H,2-9,12-14H2,1H3,(H,24,25)/t16-,20?,21?,22?/m0/s1. The molecule has 2 aliphatic carbocycles. The van der Waals surface area contributed by atoms with Crippen molar-refractivity contribution in [2.45, 2.75) is 76.0 Å². The van der Waals surface area contributed by atoms with Gasteiger partial charge in [0.15, 0.2) is 6.29 Å². The van der Waals surface area contributed by atoms with E-state index in [9.17, 15) is 5.11 Å². The van der Waals surface area contributed by atoms with Crippen molar-refractivity contribution < 1.29 is 14.6 Å². The highest BCUT2D eigenvalue weighted by Crippen LogP contribution is 2.62. The second-order valence-corrected chi connectivity index (χ2v) is 9.45. The second-order valence-electron chi connectivity index (χ2n) is 9.45. The lowest BCUT2D eigenvalue weighted by atomic mass is 9.80. The molecule has 1 unspecified atom stereocenters. The van der Waals surface area contributed by atoms with Gasteiger partial charge < -0.3 is 19.1 Å². The van der Waals surface area contributed by atoms with E-state index in [0.717, 1.165) is 37.4 Å². The summed E-state index contributed by atoms with van der Waals surface area (Å²) in [6, 6.07) is 2.18.